The number of carbonyl (C=O) groups excluding carboxylic acids is 1. The van der Waals surface area contributed by atoms with Crippen LogP contribution < -0.4 is 12.4 Å². The summed E-state index contributed by atoms with van der Waals surface area (Å²) in [4.78, 5) is 11.6. The predicted molar refractivity (Wildman–Crippen MR) is 70.8 cm³/mol. The normalized spacial score (nSPS) is 47.0. The summed E-state index contributed by atoms with van der Waals surface area (Å²) in [5.74, 6) is 2.11. The van der Waals surface area contributed by atoms with Crippen LogP contribution >= 0.6 is 0 Å². The van der Waals surface area contributed by atoms with Gasteiger partial charge in [0, 0.05) is 12.3 Å². The van der Waals surface area contributed by atoms with Crippen molar-refractivity contribution in [1.82, 2.24) is 0 Å². The minimum absolute atomic E-state index is 0. The molecule has 0 aromatic rings. The van der Waals surface area contributed by atoms with Gasteiger partial charge in [0.05, 0.1) is 0 Å². The maximum atomic E-state index is 11.6. The van der Waals surface area contributed by atoms with E-state index in [1.54, 1.807) is 0 Å². The van der Waals surface area contributed by atoms with Gasteiger partial charge in [-0.05, 0) is 62.7 Å². The van der Waals surface area contributed by atoms with Gasteiger partial charge in [-0.1, -0.05) is 13.8 Å². The average Bonchev–Trinajstić information content (AvgIpc) is 2.27. The van der Waals surface area contributed by atoms with Crippen LogP contribution in [0.5, 0.6) is 0 Å². The van der Waals surface area contributed by atoms with Crippen molar-refractivity contribution in [2.45, 2.75) is 64.9 Å². The zero-order chi connectivity index (χ0) is 13.0. The second-order valence-electron chi connectivity index (χ2n) is 7.16. The molecule has 1 heterocycles. The van der Waals surface area contributed by atoms with Crippen LogP contribution in [0.1, 0.15) is 59.3 Å². The quantitative estimate of drug-likeness (QED) is 0.374. The Bertz CT molecular complexity index is 375. The third-order valence-electron chi connectivity index (χ3n) is 6.17. The molecule has 2 aliphatic carbocycles. The number of carbonyl (C=O) groups is 1. The minimum Gasteiger partial charge on any atom is -1.00 e. The molecule has 0 spiro atoms. The third kappa shape index (κ3) is 2.80. The first-order valence-electron chi connectivity index (χ1n) is 7.51. The fourth-order valence-electron chi connectivity index (χ4n) is 5.28. The Morgan fingerprint density at radius 1 is 1.25 bits per heavy atom. The third-order valence-corrected chi connectivity index (χ3v) is 6.17. The van der Waals surface area contributed by atoms with Crippen LogP contribution in [0.25, 0.3) is 0 Å². The van der Waals surface area contributed by atoms with E-state index in [1.807, 2.05) is 0 Å². The summed E-state index contributed by atoms with van der Waals surface area (Å²) in [5.41, 5.74) is 0.194. The van der Waals surface area contributed by atoms with Crippen molar-refractivity contribution >= 4 is 5.97 Å². The molecule has 2 saturated carbocycles. The predicted octanol–water partition coefficient (Wildman–Crippen LogP) is 0.750. The summed E-state index contributed by atoms with van der Waals surface area (Å²) in [6.45, 7) is 7.02. The molecule has 110 valence electrons. The van der Waals surface area contributed by atoms with Gasteiger partial charge in [-0.3, -0.25) is 4.79 Å². The molecule has 5 atom stereocenters. The Hall–Kier alpha value is 0.695. The molecule has 2 radical (unpaired) electrons. The van der Waals surface area contributed by atoms with Gasteiger partial charge in [-0.25, -0.2) is 0 Å². The Morgan fingerprint density at radius 3 is 2.65 bits per heavy atom. The first-order valence-corrected chi connectivity index (χ1v) is 7.51. The van der Waals surface area contributed by atoms with Gasteiger partial charge in [0.15, 0.2) is 0 Å². The van der Waals surface area contributed by atoms with Gasteiger partial charge in [0.1, 0.15) is 5.60 Å². The van der Waals surface area contributed by atoms with E-state index in [-0.39, 0.29) is 51.6 Å². The van der Waals surface area contributed by atoms with Crippen LogP contribution in [-0.2, 0) is 37.2 Å². The Kier molecular flexibility index (Phi) is 6.03. The van der Waals surface area contributed by atoms with Crippen molar-refractivity contribution in [2.75, 3.05) is 0 Å². The maximum absolute atomic E-state index is 11.6. The molecule has 2 unspecified atom stereocenters. The first kappa shape index (κ1) is 18.7. The molecule has 0 bridgehead atoms. The molecule has 20 heavy (non-hydrogen) atoms. The van der Waals surface area contributed by atoms with Crippen molar-refractivity contribution in [1.29, 1.82) is 0 Å². The molecule has 3 fully saturated rings. The summed E-state index contributed by atoms with van der Waals surface area (Å²) < 4.78 is 5.78. The molecule has 1 saturated heterocycles. The molecule has 0 aromatic heterocycles. The van der Waals surface area contributed by atoms with E-state index < -0.39 is 0 Å². The van der Waals surface area contributed by atoms with Crippen LogP contribution in [0.2, 0.25) is 0 Å². The van der Waals surface area contributed by atoms with Gasteiger partial charge >= 0.3 is 33.6 Å². The Morgan fingerprint density at radius 2 is 1.95 bits per heavy atom. The topological polar surface area (TPSA) is 26.3 Å². The van der Waals surface area contributed by atoms with Crippen molar-refractivity contribution in [2.24, 2.45) is 23.2 Å². The Labute approximate surface area is 149 Å². The van der Waals surface area contributed by atoms with Gasteiger partial charge < -0.3 is 17.1 Å². The number of halogens is 1. The average molecular weight is 485 g/mol. The number of rotatable bonds is 0. The molecule has 0 amide bonds. The van der Waals surface area contributed by atoms with Gasteiger partial charge in [0.25, 0.3) is 0 Å². The standard InChI is InChI=1S/C16H25O2.ClH.Hg/c1-11-5-4-9-15(2)12(11)8-10-16(3)13(15)6-7-14(17)18-16;;/h5,11-13H,4,6-10H2,1-3H3;1H;/q;;+1/p-1/t11-,12?,13?,15-,16+;;/m0../s1. The van der Waals surface area contributed by atoms with E-state index in [9.17, 15) is 4.79 Å². The summed E-state index contributed by atoms with van der Waals surface area (Å²) in [6, 6.07) is 0. The van der Waals surface area contributed by atoms with Crippen LogP contribution in [0.15, 0.2) is 0 Å². The van der Waals surface area contributed by atoms with Crippen LogP contribution in [0.4, 0.5) is 0 Å². The van der Waals surface area contributed by atoms with E-state index in [4.69, 9.17) is 4.74 Å². The van der Waals surface area contributed by atoms with Crippen molar-refractivity contribution < 1.29 is 49.6 Å². The van der Waals surface area contributed by atoms with Gasteiger partial charge in [-0.2, -0.15) is 0 Å². The van der Waals surface area contributed by atoms with Gasteiger partial charge in [-0.15, -0.1) is 0 Å². The fraction of sp³-hybridized carbons (Fsp3) is 0.875. The van der Waals surface area contributed by atoms with E-state index in [2.05, 4.69) is 27.2 Å². The molecule has 0 aromatic carbocycles. The van der Waals surface area contributed by atoms with Crippen LogP contribution in [-0.4, -0.2) is 11.6 Å². The van der Waals surface area contributed by atoms with Crippen molar-refractivity contribution in [3.63, 3.8) is 0 Å². The molecule has 2 nitrogen and oxygen atoms in total. The van der Waals surface area contributed by atoms with Crippen LogP contribution in [0.3, 0.4) is 0 Å². The molecule has 0 N–H and O–H groups in total. The second kappa shape index (κ2) is 6.44. The fourth-order valence-corrected chi connectivity index (χ4v) is 5.28. The van der Waals surface area contributed by atoms with Crippen molar-refractivity contribution in [3.05, 3.63) is 6.42 Å². The van der Waals surface area contributed by atoms with E-state index in [0.717, 1.165) is 24.7 Å². The number of fused-ring (bicyclic) bond motifs is 3. The number of hydrogen-bond acceptors (Lipinski definition) is 2. The SMILES string of the molecule is C[C@H]1[CH]CC[C@@]2(C)C1CC[C@@]1(C)OC(=O)CCC21.[Cl-].[Hg+]. The van der Waals surface area contributed by atoms with E-state index >= 15 is 0 Å². The van der Waals surface area contributed by atoms with Gasteiger partial charge in [0.2, 0.25) is 0 Å². The monoisotopic (exact) mass is 486 g/mol. The molecule has 1 aliphatic heterocycles. The summed E-state index contributed by atoms with van der Waals surface area (Å²) >= 11 is 0. The molecule has 3 rings (SSSR count). The smallest absolute Gasteiger partial charge is 1.00 e. The number of ether oxygens (including phenoxy) is 1. The molecular weight excluding hydrogens is 460 g/mol. The molecular formula is C16H25ClHgO2. The second-order valence-corrected chi connectivity index (χ2v) is 7.16. The zero-order valence-corrected chi connectivity index (χ0v) is 19.2. The summed E-state index contributed by atoms with van der Waals surface area (Å²) in [6.07, 6.45) is 8.95. The maximum Gasteiger partial charge on any atom is 1.00 e. The van der Waals surface area contributed by atoms with E-state index in [1.165, 1.54) is 19.3 Å². The number of esters is 1. The summed E-state index contributed by atoms with van der Waals surface area (Å²) in [5, 5.41) is 0. The summed E-state index contributed by atoms with van der Waals surface area (Å²) in [7, 11) is 0. The van der Waals surface area contributed by atoms with Crippen LogP contribution in [0, 0.1) is 29.6 Å². The van der Waals surface area contributed by atoms with E-state index in [0.29, 0.717) is 17.8 Å². The molecule has 3 aliphatic rings. The number of hydrogen-bond donors (Lipinski definition) is 0. The largest absolute Gasteiger partial charge is 1.00 e. The Balaban J connectivity index is 0.000001000. The van der Waals surface area contributed by atoms with Crippen molar-refractivity contribution in [3.8, 4) is 0 Å². The zero-order valence-electron chi connectivity index (χ0n) is 13.0. The molecule has 4 heteroatoms. The first-order chi connectivity index (χ1) is 8.46. The minimum atomic E-state index is -0.183.